The van der Waals surface area contributed by atoms with E-state index in [9.17, 15) is 28.0 Å². The maximum atomic E-state index is 13.1. The summed E-state index contributed by atoms with van der Waals surface area (Å²) in [6, 6.07) is 0. The van der Waals surface area contributed by atoms with E-state index in [1.54, 1.807) is 0 Å². The topological polar surface area (TPSA) is 116 Å². The third-order valence-electron chi connectivity index (χ3n) is 4.83. The van der Waals surface area contributed by atoms with Crippen LogP contribution in [0.25, 0.3) is 0 Å². The van der Waals surface area contributed by atoms with Gasteiger partial charge >= 0.3 is 29.8 Å². The summed E-state index contributed by atoms with van der Waals surface area (Å²) in [6.07, 6.45) is -1.10. The van der Waals surface area contributed by atoms with E-state index in [1.165, 1.54) is 6.92 Å². The van der Waals surface area contributed by atoms with E-state index in [1.807, 2.05) is 0 Å². The van der Waals surface area contributed by atoms with Gasteiger partial charge in [-0.05, 0) is 6.42 Å². The number of alkyl halides is 2. The van der Waals surface area contributed by atoms with Crippen molar-refractivity contribution in [2.75, 3.05) is 6.61 Å². The quantitative estimate of drug-likeness (QED) is 0.545. The number of carbonyl (C=O) groups excluding carboxylic acids is 3. The number of hydrogen-bond acceptors (Lipinski definition) is 7. The molecule has 0 radical (unpaired) electrons. The zero-order valence-electron chi connectivity index (χ0n) is 12.4. The summed E-state index contributed by atoms with van der Waals surface area (Å²) >= 11 is 0. The summed E-state index contributed by atoms with van der Waals surface area (Å²) < 4.78 is 40.8. The highest BCUT2D eigenvalue weighted by Gasteiger charge is 2.70. The predicted octanol–water partition coefficient (Wildman–Crippen LogP) is -0.0113. The molecule has 1 saturated heterocycles. The Balaban J connectivity index is 1.75. The molecular formula is C14H14F2O8. The standard InChI is InChI=1S/C14H14F2O8/c1-4(17)23-9-5-2-6-8(12(19)24-10(6)9)7(5)11(18)22-3-14(15,16)13(20)21/h5-10H,2-3H2,1H3,(H,20,21). The molecule has 2 bridgehead atoms. The maximum Gasteiger partial charge on any atom is 0.378 e. The van der Waals surface area contributed by atoms with Gasteiger partial charge in [-0.3, -0.25) is 14.4 Å². The average molecular weight is 348 g/mol. The van der Waals surface area contributed by atoms with Crippen molar-refractivity contribution in [1.29, 1.82) is 0 Å². The minimum atomic E-state index is -4.22. The van der Waals surface area contributed by atoms with Crippen LogP contribution in [0.5, 0.6) is 0 Å². The van der Waals surface area contributed by atoms with E-state index in [0.717, 1.165) is 0 Å². The molecule has 3 aliphatic rings. The monoisotopic (exact) mass is 348 g/mol. The summed E-state index contributed by atoms with van der Waals surface area (Å²) in [5.41, 5.74) is 0. The van der Waals surface area contributed by atoms with Crippen LogP contribution >= 0.6 is 0 Å². The molecule has 2 saturated carbocycles. The Morgan fingerprint density at radius 1 is 1.33 bits per heavy atom. The molecule has 0 spiro atoms. The number of rotatable bonds is 5. The fraction of sp³-hybridized carbons (Fsp3) is 0.714. The summed E-state index contributed by atoms with van der Waals surface area (Å²) in [5, 5.41) is 8.34. The van der Waals surface area contributed by atoms with Gasteiger partial charge in [0.05, 0.1) is 11.8 Å². The fourth-order valence-corrected chi connectivity index (χ4v) is 3.98. The lowest BCUT2D eigenvalue weighted by atomic mass is 9.78. The number of esters is 3. The van der Waals surface area contributed by atoms with Gasteiger partial charge in [0.25, 0.3) is 0 Å². The highest BCUT2D eigenvalue weighted by atomic mass is 19.3. The van der Waals surface area contributed by atoms with E-state index in [2.05, 4.69) is 4.74 Å². The van der Waals surface area contributed by atoms with Gasteiger partial charge in [-0.15, -0.1) is 0 Å². The smallest absolute Gasteiger partial charge is 0.378 e. The second-order valence-corrected chi connectivity index (χ2v) is 6.21. The third kappa shape index (κ3) is 2.40. The van der Waals surface area contributed by atoms with Gasteiger partial charge in [0.15, 0.2) is 6.61 Å². The van der Waals surface area contributed by atoms with Crippen molar-refractivity contribution in [3.8, 4) is 0 Å². The largest absolute Gasteiger partial charge is 0.477 e. The Morgan fingerprint density at radius 2 is 2.00 bits per heavy atom. The van der Waals surface area contributed by atoms with Crippen molar-refractivity contribution in [2.45, 2.75) is 31.5 Å². The second kappa shape index (κ2) is 5.38. The molecule has 1 N–H and O–H groups in total. The van der Waals surface area contributed by atoms with E-state index < -0.39 is 66.4 Å². The summed E-state index contributed by atoms with van der Waals surface area (Å²) in [6.45, 7) is -0.459. The molecule has 3 fully saturated rings. The highest BCUT2D eigenvalue weighted by molar-refractivity contribution is 5.86. The fourth-order valence-electron chi connectivity index (χ4n) is 3.98. The summed E-state index contributed by atoms with van der Waals surface area (Å²) in [7, 11) is 0. The molecule has 0 amide bonds. The Hall–Kier alpha value is -2.26. The number of carbonyl (C=O) groups is 4. The second-order valence-electron chi connectivity index (χ2n) is 6.21. The van der Waals surface area contributed by atoms with Gasteiger partial charge in [-0.2, -0.15) is 8.78 Å². The SMILES string of the molecule is CC(=O)OC1C2CC3C1OC(=O)C3C2C(=O)OCC(F)(F)C(=O)O. The third-order valence-corrected chi connectivity index (χ3v) is 4.83. The van der Waals surface area contributed by atoms with Crippen molar-refractivity contribution in [1.82, 2.24) is 0 Å². The number of hydrogen-bond donors (Lipinski definition) is 1. The molecule has 3 rings (SSSR count). The molecule has 1 aliphatic heterocycles. The molecule has 0 aromatic carbocycles. The average Bonchev–Trinajstić information content (AvgIpc) is 3.07. The van der Waals surface area contributed by atoms with Gasteiger partial charge in [-0.25, -0.2) is 4.79 Å². The molecule has 2 aliphatic carbocycles. The first kappa shape index (κ1) is 16.6. The first-order valence-electron chi connectivity index (χ1n) is 7.29. The zero-order valence-corrected chi connectivity index (χ0v) is 12.4. The molecule has 6 unspecified atom stereocenters. The molecule has 8 nitrogen and oxygen atoms in total. The van der Waals surface area contributed by atoms with Gasteiger partial charge < -0.3 is 19.3 Å². The van der Waals surface area contributed by atoms with E-state index in [0.29, 0.717) is 6.42 Å². The van der Waals surface area contributed by atoms with E-state index in [-0.39, 0.29) is 5.92 Å². The molecule has 6 atom stereocenters. The lowest BCUT2D eigenvalue weighted by Gasteiger charge is -2.30. The number of ether oxygens (including phenoxy) is 3. The van der Waals surface area contributed by atoms with Crippen molar-refractivity contribution in [2.24, 2.45) is 23.7 Å². The summed E-state index contributed by atoms with van der Waals surface area (Å²) in [5.74, 6) is -11.9. The number of fused-ring (bicyclic) bond motifs is 1. The van der Waals surface area contributed by atoms with Crippen LogP contribution in [0.2, 0.25) is 0 Å². The first-order valence-corrected chi connectivity index (χ1v) is 7.29. The first-order chi connectivity index (χ1) is 11.1. The van der Waals surface area contributed by atoms with E-state index in [4.69, 9.17) is 14.6 Å². The Bertz CT molecular complexity index is 618. The molecule has 24 heavy (non-hydrogen) atoms. The number of carboxylic acids is 1. The van der Waals surface area contributed by atoms with Crippen LogP contribution in [0.1, 0.15) is 13.3 Å². The number of carboxylic acid groups (broad SMARTS) is 1. The van der Waals surface area contributed by atoms with Crippen LogP contribution < -0.4 is 0 Å². The van der Waals surface area contributed by atoms with Crippen LogP contribution in [-0.2, 0) is 33.4 Å². The maximum absolute atomic E-state index is 13.1. The van der Waals surface area contributed by atoms with Crippen molar-refractivity contribution in [3.05, 3.63) is 0 Å². The lowest BCUT2D eigenvalue weighted by molar-refractivity contribution is -0.182. The highest BCUT2D eigenvalue weighted by Crippen LogP contribution is 2.59. The molecule has 0 aromatic heterocycles. The van der Waals surface area contributed by atoms with Crippen LogP contribution in [0.4, 0.5) is 8.78 Å². The predicted molar refractivity (Wildman–Crippen MR) is 67.6 cm³/mol. The van der Waals surface area contributed by atoms with Crippen molar-refractivity contribution in [3.63, 3.8) is 0 Å². The Kier molecular flexibility index (Phi) is 3.72. The molecule has 1 heterocycles. The van der Waals surface area contributed by atoms with Crippen LogP contribution in [0.3, 0.4) is 0 Å². The Labute approximate surface area is 134 Å². The van der Waals surface area contributed by atoms with Gasteiger partial charge in [0, 0.05) is 18.8 Å². The van der Waals surface area contributed by atoms with Gasteiger partial charge in [-0.1, -0.05) is 0 Å². The molecule has 132 valence electrons. The Morgan fingerprint density at radius 3 is 2.58 bits per heavy atom. The minimum Gasteiger partial charge on any atom is -0.477 e. The molecular weight excluding hydrogens is 334 g/mol. The summed E-state index contributed by atoms with van der Waals surface area (Å²) in [4.78, 5) is 45.7. The van der Waals surface area contributed by atoms with Crippen LogP contribution in [0, 0.1) is 23.7 Å². The lowest BCUT2D eigenvalue weighted by Crippen LogP contribution is -2.44. The van der Waals surface area contributed by atoms with Crippen molar-refractivity contribution < 1.29 is 47.3 Å². The van der Waals surface area contributed by atoms with Crippen LogP contribution in [-0.4, -0.2) is 53.7 Å². The van der Waals surface area contributed by atoms with E-state index >= 15 is 0 Å². The van der Waals surface area contributed by atoms with Gasteiger partial charge in [0.1, 0.15) is 12.2 Å². The normalized spacial score (nSPS) is 36.4. The minimum absolute atomic E-state index is 0.343. The zero-order chi connectivity index (χ0) is 17.8. The van der Waals surface area contributed by atoms with Crippen molar-refractivity contribution >= 4 is 23.9 Å². The van der Waals surface area contributed by atoms with Gasteiger partial charge in [0.2, 0.25) is 0 Å². The molecule has 10 heteroatoms. The molecule has 0 aromatic rings. The number of aliphatic carboxylic acids is 1. The van der Waals surface area contributed by atoms with Crippen LogP contribution in [0.15, 0.2) is 0 Å². The number of halogens is 2.